The molecule has 0 radical (unpaired) electrons. The molecule has 23 heavy (non-hydrogen) atoms. The van der Waals surface area contributed by atoms with E-state index in [9.17, 15) is 9.59 Å². The predicted octanol–water partition coefficient (Wildman–Crippen LogP) is 2.46. The van der Waals surface area contributed by atoms with Crippen molar-refractivity contribution in [2.75, 3.05) is 5.75 Å². The SMILES string of the molecule is O=C(CCCC[C@@H]1CCSS1)N[C@H]1CCc2n[nH]c(=O)cc2C1. The second-order valence-corrected chi connectivity index (χ2v) is 9.07. The number of nitrogens with one attached hydrogen (secondary N) is 2. The van der Waals surface area contributed by atoms with E-state index in [1.54, 1.807) is 6.07 Å². The summed E-state index contributed by atoms with van der Waals surface area (Å²) in [4.78, 5) is 23.4. The third-order valence-electron chi connectivity index (χ3n) is 4.45. The molecular weight excluding hydrogens is 330 g/mol. The van der Waals surface area contributed by atoms with Crippen molar-refractivity contribution in [3.63, 3.8) is 0 Å². The summed E-state index contributed by atoms with van der Waals surface area (Å²) >= 11 is 0. The highest BCUT2D eigenvalue weighted by molar-refractivity contribution is 8.77. The maximum absolute atomic E-state index is 12.1. The second-order valence-electron chi connectivity index (χ2n) is 6.29. The molecule has 1 fully saturated rings. The van der Waals surface area contributed by atoms with E-state index in [0.29, 0.717) is 12.8 Å². The molecule has 0 aromatic carbocycles. The van der Waals surface area contributed by atoms with Crippen molar-refractivity contribution in [1.82, 2.24) is 15.5 Å². The molecule has 2 aliphatic rings. The van der Waals surface area contributed by atoms with Gasteiger partial charge in [-0.1, -0.05) is 28.0 Å². The Bertz CT molecular complexity index is 599. The first-order chi connectivity index (χ1) is 11.2. The smallest absolute Gasteiger partial charge is 0.264 e. The average Bonchev–Trinajstić information content (AvgIpc) is 3.04. The number of fused-ring (bicyclic) bond motifs is 1. The van der Waals surface area contributed by atoms with Gasteiger partial charge in [0, 0.05) is 29.5 Å². The maximum atomic E-state index is 12.1. The number of hydrogen-bond donors (Lipinski definition) is 2. The Morgan fingerprint density at radius 1 is 1.39 bits per heavy atom. The molecule has 1 aliphatic carbocycles. The summed E-state index contributed by atoms with van der Waals surface area (Å²) in [6.45, 7) is 0. The summed E-state index contributed by atoms with van der Waals surface area (Å²) in [5.74, 6) is 1.42. The molecule has 7 heteroatoms. The highest BCUT2D eigenvalue weighted by Crippen LogP contribution is 2.39. The van der Waals surface area contributed by atoms with Gasteiger partial charge in [0.25, 0.3) is 5.56 Å². The molecule has 126 valence electrons. The summed E-state index contributed by atoms with van der Waals surface area (Å²) in [6.07, 6.45) is 7.69. The number of aromatic nitrogens is 2. The van der Waals surface area contributed by atoms with Crippen LogP contribution in [-0.2, 0) is 17.6 Å². The van der Waals surface area contributed by atoms with Gasteiger partial charge in [-0.25, -0.2) is 5.10 Å². The third-order valence-corrected chi connectivity index (χ3v) is 7.45. The summed E-state index contributed by atoms with van der Waals surface area (Å²) in [6, 6.07) is 1.75. The van der Waals surface area contributed by atoms with Gasteiger partial charge in [0.1, 0.15) is 0 Å². The molecule has 5 nitrogen and oxygen atoms in total. The average molecular weight is 354 g/mol. The molecule has 0 spiro atoms. The fourth-order valence-electron chi connectivity index (χ4n) is 3.18. The van der Waals surface area contributed by atoms with Crippen molar-refractivity contribution >= 4 is 27.5 Å². The summed E-state index contributed by atoms with van der Waals surface area (Å²) < 4.78 is 0. The quantitative estimate of drug-likeness (QED) is 0.607. The molecule has 0 unspecified atom stereocenters. The topological polar surface area (TPSA) is 74.8 Å². The highest BCUT2D eigenvalue weighted by Gasteiger charge is 2.21. The van der Waals surface area contributed by atoms with Crippen molar-refractivity contribution in [3.05, 3.63) is 27.7 Å². The lowest BCUT2D eigenvalue weighted by Crippen LogP contribution is -2.39. The van der Waals surface area contributed by atoms with Crippen molar-refractivity contribution in [2.45, 2.75) is 62.7 Å². The minimum absolute atomic E-state index is 0.139. The van der Waals surface area contributed by atoms with Crippen molar-refractivity contribution < 1.29 is 4.79 Å². The molecule has 0 bridgehead atoms. The lowest BCUT2D eigenvalue weighted by Gasteiger charge is -2.24. The van der Waals surface area contributed by atoms with Crippen LogP contribution in [0.4, 0.5) is 0 Å². The zero-order valence-corrected chi connectivity index (χ0v) is 14.8. The number of H-pyrrole nitrogens is 1. The van der Waals surface area contributed by atoms with Crippen LogP contribution in [0.25, 0.3) is 0 Å². The number of nitrogens with zero attached hydrogens (tertiary/aromatic N) is 1. The number of amides is 1. The minimum Gasteiger partial charge on any atom is -0.353 e. The van der Waals surface area contributed by atoms with Crippen LogP contribution in [0.1, 0.15) is 49.8 Å². The largest absolute Gasteiger partial charge is 0.353 e. The molecule has 2 N–H and O–H groups in total. The van der Waals surface area contributed by atoms with Crippen molar-refractivity contribution in [3.8, 4) is 0 Å². The monoisotopic (exact) mass is 353 g/mol. The molecule has 1 aromatic heterocycles. The van der Waals surface area contributed by atoms with Gasteiger partial charge in [-0.3, -0.25) is 9.59 Å². The van der Waals surface area contributed by atoms with Crippen molar-refractivity contribution in [1.29, 1.82) is 0 Å². The fourth-order valence-corrected chi connectivity index (χ4v) is 6.21. The van der Waals surface area contributed by atoms with Crippen LogP contribution in [0.15, 0.2) is 10.9 Å². The van der Waals surface area contributed by atoms with Gasteiger partial charge >= 0.3 is 0 Å². The Morgan fingerprint density at radius 2 is 2.30 bits per heavy atom. The van der Waals surface area contributed by atoms with Gasteiger partial charge in [0.15, 0.2) is 0 Å². The second kappa shape index (κ2) is 8.24. The normalized spacial score (nSPS) is 23.5. The first kappa shape index (κ1) is 16.9. The van der Waals surface area contributed by atoms with Crippen LogP contribution in [0, 0.1) is 0 Å². The standard InChI is InChI=1S/C16H23N3O2S2/c20-15(4-2-1-3-13-7-8-22-23-13)17-12-5-6-14-11(9-12)10-16(21)19-18-14/h10,12-13H,1-9H2,(H,17,20)(H,19,21)/t12-,13+/m0/s1. The summed E-state index contributed by atoms with van der Waals surface area (Å²) in [7, 11) is 3.98. The van der Waals surface area contributed by atoms with Gasteiger partial charge in [0.05, 0.1) is 5.69 Å². The number of hydrogen-bond acceptors (Lipinski definition) is 5. The highest BCUT2D eigenvalue weighted by atomic mass is 33.1. The Balaban J connectivity index is 1.37. The van der Waals surface area contributed by atoms with E-state index in [2.05, 4.69) is 15.5 Å². The minimum atomic E-state index is -0.168. The molecule has 0 saturated carbocycles. The zero-order valence-electron chi connectivity index (χ0n) is 13.2. The van der Waals surface area contributed by atoms with Crippen LogP contribution in [0.5, 0.6) is 0 Å². The van der Waals surface area contributed by atoms with Crippen LogP contribution in [-0.4, -0.2) is 33.1 Å². The van der Waals surface area contributed by atoms with Crippen molar-refractivity contribution in [2.24, 2.45) is 0 Å². The fraction of sp³-hybridized carbons (Fsp3) is 0.688. The lowest BCUT2D eigenvalue weighted by molar-refractivity contribution is -0.122. The molecule has 3 rings (SSSR count). The Labute approximate surface area is 144 Å². The van der Waals surface area contributed by atoms with E-state index >= 15 is 0 Å². The first-order valence-electron chi connectivity index (χ1n) is 8.36. The zero-order chi connectivity index (χ0) is 16.1. The number of unbranched alkanes of at least 4 members (excludes halogenated alkanes) is 1. The number of carbonyl (C=O) groups excluding carboxylic acids is 1. The lowest BCUT2D eigenvalue weighted by atomic mass is 9.92. The number of carbonyl (C=O) groups is 1. The van der Waals surface area contributed by atoms with Gasteiger partial charge in [-0.15, -0.1) is 0 Å². The van der Waals surface area contributed by atoms with E-state index in [1.807, 2.05) is 21.6 Å². The van der Waals surface area contributed by atoms with Crippen LogP contribution in [0.2, 0.25) is 0 Å². The van der Waals surface area contributed by atoms with Crippen LogP contribution >= 0.6 is 21.6 Å². The predicted molar refractivity (Wildman–Crippen MR) is 95.7 cm³/mol. The van der Waals surface area contributed by atoms with E-state index in [-0.39, 0.29) is 17.5 Å². The van der Waals surface area contributed by atoms with Gasteiger partial charge in [0.2, 0.25) is 5.91 Å². The molecule has 1 saturated heterocycles. The maximum Gasteiger partial charge on any atom is 0.264 e. The van der Waals surface area contributed by atoms with Gasteiger partial charge in [-0.05, 0) is 44.1 Å². The van der Waals surface area contributed by atoms with E-state index < -0.39 is 0 Å². The number of aromatic amines is 1. The Morgan fingerprint density at radius 3 is 3.13 bits per heavy atom. The third kappa shape index (κ3) is 5.01. The molecule has 2 heterocycles. The Kier molecular flexibility index (Phi) is 6.05. The van der Waals surface area contributed by atoms with E-state index in [4.69, 9.17) is 0 Å². The molecular formula is C16H23N3O2S2. The first-order valence-corrected chi connectivity index (χ1v) is 10.7. The number of rotatable bonds is 6. The summed E-state index contributed by atoms with van der Waals surface area (Å²) in [5, 5.41) is 10.5. The summed E-state index contributed by atoms with van der Waals surface area (Å²) in [5.41, 5.74) is 1.77. The van der Waals surface area contributed by atoms with E-state index in [1.165, 1.54) is 18.6 Å². The molecule has 1 aliphatic heterocycles. The van der Waals surface area contributed by atoms with Crippen LogP contribution in [0.3, 0.4) is 0 Å². The molecule has 1 amide bonds. The molecule has 2 atom stereocenters. The Hall–Kier alpha value is -0.950. The number of aryl methyl sites for hydroxylation is 1. The molecule has 1 aromatic rings. The van der Waals surface area contributed by atoms with Gasteiger partial charge in [-0.2, -0.15) is 5.10 Å². The van der Waals surface area contributed by atoms with Gasteiger partial charge < -0.3 is 5.32 Å². The van der Waals surface area contributed by atoms with Crippen LogP contribution < -0.4 is 10.9 Å². The van der Waals surface area contributed by atoms with E-state index in [0.717, 1.165) is 42.2 Å².